The summed E-state index contributed by atoms with van der Waals surface area (Å²) in [5.41, 5.74) is 2.19. The summed E-state index contributed by atoms with van der Waals surface area (Å²) in [5.74, 6) is 1.69. The van der Waals surface area contributed by atoms with Crippen LogP contribution in [0.1, 0.15) is 21.6 Å². The van der Waals surface area contributed by atoms with Crippen molar-refractivity contribution < 1.29 is 22.7 Å². The van der Waals surface area contributed by atoms with E-state index in [1.54, 1.807) is 24.5 Å². The SMILES string of the molecule is O=C(NCc1cc2nc(N3CCOc4cccnc43)ccc2cn1)c1ccc2c(c1)S(=O)(=O)CCOC2. The van der Waals surface area contributed by atoms with E-state index >= 15 is 0 Å². The average Bonchev–Trinajstić information content (AvgIpc) is 3.08. The molecule has 0 aliphatic carbocycles. The molecule has 11 heteroatoms. The lowest BCUT2D eigenvalue weighted by Crippen LogP contribution is -2.30. The van der Waals surface area contributed by atoms with Crippen molar-refractivity contribution in [3.63, 3.8) is 0 Å². The van der Waals surface area contributed by atoms with E-state index in [0.29, 0.717) is 30.2 Å². The maximum Gasteiger partial charge on any atom is 0.251 e. The van der Waals surface area contributed by atoms with Gasteiger partial charge >= 0.3 is 0 Å². The lowest BCUT2D eigenvalue weighted by atomic mass is 10.1. The van der Waals surface area contributed by atoms with Crippen molar-refractivity contribution in [1.29, 1.82) is 0 Å². The van der Waals surface area contributed by atoms with Gasteiger partial charge in [0.25, 0.3) is 5.91 Å². The Kier molecular flexibility index (Phi) is 5.93. The van der Waals surface area contributed by atoms with Crippen molar-refractivity contribution in [3.8, 4) is 5.75 Å². The number of rotatable bonds is 4. The molecule has 2 aliphatic heterocycles. The van der Waals surface area contributed by atoms with Crippen LogP contribution in [0.2, 0.25) is 0 Å². The molecule has 10 nitrogen and oxygen atoms in total. The Morgan fingerprint density at radius 2 is 2.00 bits per heavy atom. The first-order chi connectivity index (χ1) is 18.0. The van der Waals surface area contributed by atoms with Gasteiger partial charge in [0, 0.05) is 23.3 Å². The van der Waals surface area contributed by atoms with Gasteiger partial charge in [-0.25, -0.2) is 18.4 Å². The normalized spacial score (nSPS) is 16.3. The molecule has 0 unspecified atom stereocenters. The quantitative estimate of drug-likeness (QED) is 0.435. The predicted octanol–water partition coefficient (Wildman–Crippen LogP) is 2.79. The first-order valence-electron chi connectivity index (χ1n) is 11.8. The number of amides is 1. The highest BCUT2D eigenvalue weighted by molar-refractivity contribution is 7.91. The molecule has 1 N–H and O–H groups in total. The summed E-state index contributed by atoms with van der Waals surface area (Å²) in [5, 5.41) is 3.70. The Balaban J connectivity index is 1.22. The maximum atomic E-state index is 12.8. The molecule has 3 aromatic heterocycles. The molecule has 4 aromatic rings. The van der Waals surface area contributed by atoms with Crippen LogP contribution < -0.4 is 15.0 Å². The van der Waals surface area contributed by atoms with Crippen LogP contribution in [0.5, 0.6) is 5.75 Å². The summed E-state index contributed by atoms with van der Waals surface area (Å²) in [6.45, 7) is 1.66. The van der Waals surface area contributed by atoms with Crippen LogP contribution in [0.4, 0.5) is 11.6 Å². The molecule has 188 valence electrons. The highest BCUT2D eigenvalue weighted by Crippen LogP contribution is 2.34. The Morgan fingerprint density at radius 3 is 2.92 bits per heavy atom. The van der Waals surface area contributed by atoms with Gasteiger partial charge in [-0.05, 0) is 48.0 Å². The number of hydrogen-bond acceptors (Lipinski definition) is 9. The van der Waals surface area contributed by atoms with E-state index in [4.69, 9.17) is 14.5 Å². The van der Waals surface area contributed by atoms with Gasteiger partial charge in [-0.3, -0.25) is 9.78 Å². The van der Waals surface area contributed by atoms with E-state index in [1.807, 2.05) is 35.2 Å². The molecular weight excluding hydrogens is 494 g/mol. The minimum absolute atomic E-state index is 0.104. The number of nitrogens with one attached hydrogen (secondary N) is 1. The minimum atomic E-state index is -3.50. The van der Waals surface area contributed by atoms with E-state index < -0.39 is 9.84 Å². The molecule has 0 bridgehead atoms. The molecule has 37 heavy (non-hydrogen) atoms. The van der Waals surface area contributed by atoms with Gasteiger partial charge in [0.1, 0.15) is 12.4 Å². The Morgan fingerprint density at radius 1 is 1.08 bits per heavy atom. The fourth-order valence-corrected chi connectivity index (χ4v) is 5.80. The third kappa shape index (κ3) is 4.58. The van der Waals surface area contributed by atoms with Crippen molar-refractivity contribution >= 4 is 38.3 Å². The largest absolute Gasteiger partial charge is 0.488 e. The van der Waals surface area contributed by atoms with E-state index in [2.05, 4.69) is 15.3 Å². The monoisotopic (exact) mass is 517 g/mol. The molecular formula is C26H23N5O5S. The van der Waals surface area contributed by atoms with E-state index in [-0.39, 0.29) is 41.9 Å². The van der Waals surface area contributed by atoms with Crippen molar-refractivity contribution in [2.24, 2.45) is 0 Å². The zero-order valence-electron chi connectivity index (χ0n) is 19.8. The maximum absolute atomic E-state index is 12.8. The van der Waals surface area contributed by atoms with Crippen molar-refractivity contribution in [2.75, 3.05) is 30.4 Å². The fourth-order valence-electron chi connectivity index (χ4n) is 4.41. The van der Waals surface area contributed by atoms with Gasteiger partial charge in [0.15, 0.2) is 21.4 Å². The lowest BCUT2D eigenvalue weighted by Gasteiger charge is -2.29. The second kappa shape index (κ2) is 9.41. The second-order valence-corrected chi connectivity index (χ2v) is 10.8. The first kappa shape index (κ1) is 23.3. The molecule has 5 heterocycles. The topological polar surface area (TPSA) is 124 Å². The van der Waals surface area contributed by atoms with Crippen molar-refractivity contribution in [2.45, 2.75) is 18.0 Å². The Bertz CT molecular complexity index is 1630. The molecule has 0 fully saturated rings. The van der Waals surface area contributed by atoms with Crippen LogP contribution in [-0.2, 0) is 27.7 Å². The summed E-state index contributed by atoms with van der Waals surface area (Å²) in [4.78, 5) is 28.7. The standard InChI is InChI=1S/C26H23N5O5S/c32-26(17-3-4-19-16-35-10-11-37(33,34)23(19)12-17)29-15-20-13-21-18(14-28-20)5-6-24(30-21)31-8-9-36-22-2-1-7-27-25(22)31/h1-7,12-14H,8-11,15-16H2,(H,29,32). The number of ether oxygens (including phenoxy) is 2. The van der Waals surface area contributed by atoms with Crippen LogP contribution >= 0.6 is 0 Å². The number of fused-ring (bicyclic) bond motifs is 3. The van der Waals surface area contributed by atoms with Gasteiger partial charge in [-0.15, -0.1) is 0 Å². The molecule has 0 radical (unpaired) electrons. The number of hydrogen-bond donors (Lipinski definition) is 1. The third-order valence-corrected chi connectivity index (χ3v) is 8.07. The first-order valence-corrected chi connectivity index (χ1v) is 13.5. The summed E-state index contributed by atoms with van der Waals surface area (Å²) >= 11 is 0. The number of pyridine rings is 3. The van der Waals surface area contributed by atoms with E-state index in [1.165, 1.54) is 6.07 Å². The molecule has 0 spiro atoms. The Labute approximate surface area is 213 Å². The van der Waals surface area contributed by atoms with Crippen LogP contribution in [0.25, 0.3) is 10.9 Å². The van der Waals surface area contributed by atoms with Crippen LogP contribution in [0.15, 0.2) is 65.8 Å². The van der Waals surface area contributed by atoms with E-state index in [9.17, 15) is 13.2 Å². The zero-order valence-corrected chi connectivity index (χ0v) is 20.6. The molecule has 0 atom stereocenters. The molecule has 0 saturated carbocycles. The highest BCUT2D eigenvalue weighted by Gasteiger charge is 2.24. The van der Waals surface area contributed by atoms with Crippen molar-refractivity contribution in [1.82, 2.24) is 20.3 Å². The van der Waals surface area contributed by atoms with Crippen LogP contribution in [0.3, 0.4) is 0 Å². The summed E-state index contributed by atoms with van der Waals surface area (Å²) in [7, 11) is -3.50. The molecule has 1 aromatic carbocycles. The number of benzene rings is 1. The lowest BCUT2D eigenvalue weighted by molar-refractivity contribution is 0.0950. The molecule has 0 saturated heterocycles. The van der Waals surface area contributed by atoms with Crippen molar-refractivity contribution in [3.05, 3.63) is 77.7 Å². The Hall–Kier alpha value is -4.09. The number of nitrogens with zero attached hydrogens (tertiary/aromatic N) is 4. The number of sulfone groups is 1. The third-order valence-electron chi connectivity index (χ3n) is 6.32. The molecule has 6 rings (SSSR count). The van der Waals surface area contributed by atoms with E-state index in [0.717, 1.165) is 22.5 Å². The number of carbonyl (C=O) groups excluding carboxylic acids is 1. The molecule has 1 amide bonds. The van der Waals surface area contributed by atoms with Crippen LogP contribution in [-0.4, -0.2) is 54.8 Å². The number of anilines is 2. The van der Waals surface area contributed by atoms with Gasteiger partial charge in [-0.2, -0.15) is 0 Å². The summed E-state index contributed by atoms with van der Waals surface area (Å²) in [6.07, 6.45) is 3.44. The highest BCUT2D eigenvalue weighted by atomic mass is 32.2. The van der Waals surface area contributed by atoms with Crippen LogP contribution in [0, 0.1) is 0 Å². The summed E-state index contributed by atoms with van der Waals surface area (Å²) < 4.78 is 36.1. The average molecular weight is 518 g/mol. The smallest absolute Gasteiger partial charge is 0.251 e. The molecule has 2 aliphatic rings. The number of carbonyl (C=O) groups is 1. The zero-order chi connectivity index (χ0) is 25.4. The second-order valence-electron chi connectivity index (χ2n) is 8.74. The van der Waals surface area contributed by atoms with Gasteiger partial charge in [0.05, 0.1) is 48.2 Å². The fraction of sp³-hybridized carbons (Fsp3) is 0.231. The summed E-state index contributed by atoms with van der Waals surface area (Å²) in [6, 6.07) is 14.1. The predicted molar refractivity (Wildman–Crippen MR) is 136 cm³/mol. The van der Waals surface area contributed by atoms with Gasteiger partial charge < -0.3 is 19.7 Å². The van der Waals surface area contributed by atoms with Gasteiger partial charge in [-0.1, -0.05) is 6.07 Å². The minimum Gasteiger partial charge on any atom is -0.488 e. The van der Waals surface area contributed by atoms with Gasteiger partial charge in [0.2, 0.25) is 0 Å². The number of aromatic nitrogens is 3.